The van der Waals surface area contributed by atoms with Crippen LogP contribution < -0.4 is 4.74 Å². The second-order valence-electron chi connectivity index (χ2n) is 4.80. The number of nitrogens with zero attached hydrogens (tertiary/aromatic N) is 2. The van der Waals surface area contributed by atoms with Gasteiger partial charge in [-0.25, -0.2) is 0 Å². The molecule has 0 spiro atoms. The van der Waals surface area contributed by atoms with E-state index in [1.54, 1.807) is 13.2 Å². The van der Waals surface area contributed by atoms with Gasteiger partial charge in [-0.15, -0.1) is 0 Å². The van der Waals surface area contributed by atoms with Crippen LogP contribution in [-0.2, 0) is 6.54 Å². The highest BCUT2D eigenvalue weighted by Gasteiger charge is 2.29. The van der Waals surface area contributed by atoms with E-state index in [9.17, 15) is 4.79 Å². The molecule has 1 aromatic carbocycles. The van der Waals surface area contributed by atoms with E-state index >= 15 is 0 Å². The lowest BCUT2D eigenvalue weighted by molar-refractivity contribution is 0.112. The maximum atomic E-state index is 10.9. The molecular formula is C15H18N2O2. The normalized spacial score (nSPS) is 14.2. The number of rotatable bonds is 7. The van der Waals surface area contributed by atoms with E-state index in [0.29, 0.717) is 18.0 Å². The van der Waals surface area contributed by atoms with E-state index < -0.39 is 0 Å². The summed E-state index contributed by atoms with van der Waals surface area (Å²) < 4.78 is 5.34. The first-order valence-electron chi connectivity index (χ1n) is 6.51. The van der Waals surface area contributed by atoms with E-state index in [0.717, 1.165) is 30.7 Å². The maximum Gasteiger partial charge on any atom is 0.150 e. The van der Waals surface area contributed by atoms with Gasteiger partial charge in [0.15, 0.2) is 0 Å². The summed E-state index contributed by atoms with van der Waals surface area (Å²) >= 11 is 0. The van der Waals surface area contributed by atoms with Crippen molar-refractivity contribution >= 4 is 6.29 Å². The maximum absolute atomic E-state index is 10.9. The Labute approximate surface area is 113 Å². The van der Waals surface area contributed by atoms with Gasteiger partial charge >= 0.3 is 0 Å². The minimum absolute atomic E-state index is 0.534. The van der Waals surface area contributed by atoms with Crippen LogP contribution in [0.2, 0.25) is 0 Å². The Bertz CT molecular complexity index is 489. The highest BCUT2D eigenvalue weighted by molar-refractivity contribution is 5.75. The highest BCUT2D eigenvalue weighted by atomic mass is 16.5. The third kappa shape index (κ3) is 3.55. The number of benzene rings is 1. The van der Waals surface area contributed by atoms with Gasteiger partial charge in [0.05, 0.1) is 13.2 Å². The summed E-state index contributed by atoms with van der Waals surface area (Å²) in [5.41, 5.74) is 1.67. The molecule has 0 atom stereocenters. The summed E-state index contributed by atoms with van der Waals surface area (Å²) in [6.07, 6.45) is 3.77. The average molecular weight is 258 g/mol. The fourth-order valence-corrected chi connectivity index (χ4v) is 2.24. The van der Waals surface area contributed by atoms with Crippen molar-refractivity contribution in [2.45, 2.75) is 31.8 Å². The Morgan fingerprint density at radius 2 is 2.32 bits per heavy atom. The first kappa shape index (κ1) is 13.6. The Morgan fingerprint density at radius 1 is 1.53 bits per heavy atom. The van der Waals surface area contributed by atoms with Gasteiger partial charge in [0.2, 0.25) is 0 Å². The molecule has 4 heteroatoms. The van der Waals surface area contributed by atoms with Crippen molar-refractivity contribution in [1.82, 2.24) is 4.90 Å². The van der Waals surface area contributed by atoms with Crippen molar-refractivity contribution in [3.05, 3.63) is 29.3 Å². The van der Waals surface area contributed by atoms with Gasteiger partial charge in [-0.3, -0.25) is 9.69 Å². The van der Waals surface area contributed by atoms with Crippen molar-refractivity contribution in [2.24, 2.45) is 0 Å². The number of hydrogen-bond donors (Lipinski definition) is 0. The number of methoxy groups -OCH3 is 1. The SMILES string of the molecule is COc1ccc(C=O)cc1CN(CCC#N)C1CC1. The minimum Gasteiger partial charge on any atom is -0.496 e. The third-order valence-corrected chi connectivity index (χ3v) is 3.39. The quantitative estimate of drug-likeness (QED) is 0.705. The molecule has 0 saturated heterocycles. The van der Waals surface area contributed by atoms with Crippen LogP contribution in [0.5, 0.6) is 5.75 Å². The molecular weight excluding hydrogens is 240 g/mol. The van der Waals surface area contributed by atoms with Gasteiger partial charge in [0.25, 0.3) is 0 Å². The summed E-state index contributed by atoms with van der Waals surface area (Å²) in [6, 6.07) is 8.22. The summed E-state index contributed by atoms with van der Waals surface area (Å²) in [5.74, 6) is 0.799. The summed E-state index contributed by atoms with van der Waals surface area (Å²) in [5, 5.41) is 8.72. The zero-order chi connectivity index (χ0) is 13.7. The predicted octanol–water partition coefficient (Wildman–Crippen LogP) is 2.39. The Hall–Kier alpha value is -1.86. The van der Waals surface area contributed by atoms with E-state index in [2.05, 4.69) is 11.0 Å². The molecule has 1 fully saturated rings. The molecule has 0 aliphatic heterocycles. The lowest BCUT2D eigenvalue weighted by Gasteiger charge is -2.22. The van der Waals surface area contributed by atoms with Crippen molar-refractivity contribution in [3.8, 4) is 11.8 Å². The van der Waals surface area contributed by atoms with Crippen LogP contribution in [0, 0.1) is 11.3 Å². The standard InChI is InChI=1S/C15H18N2O2/c1-19-15-6-3-12(11-18)9-13(15)10-17(8-2-7-16)14-4-5-14/h3,6,9,11,14H,2,4-5,8,10H2,1H3. The molecule has 19 heavy (non-hydrogen) atoms. The van der Waals surface area contributed by atoms with Crippen LogP contribution in [0.4, 0.5) is 0 Å². The molecule has 1 aliphatic carbocycles. The number of carbonyl (C=O) groups excluding carboxylic acids is 1. The van der Waals surface area contributed by atoms with Gasteiger partial charge < -0.3 is 4.74 Å². The van der Waals surface area contributed by atoms with E-state index in [1.165, 1.54) is 12.8 Å². The second-order valence-corrected chi connectivity index (χ2v) is 4.80. The van der Waals surface area contributed by atoms with Gasteiger partial charge in [-0.1, -0.05) is 0 Å². The zero-order valence-electron chi connectivity index (χ0n) is 11.1. The van der Waals surface area contributed by atoms with Gasteiger partial charge in [0, 0.05) is 36.7 Å². The molecule has 1 saturated carbocycles. The Balaban J connectivity index is 2.14. The molecule has 4 nitrogen and oxygen atoms in total. The number of nitriles is 1. The minimum atomic E-state index is 0.534. The topological polar surface area (TPSA) is 53.3 Å². The molecule has 2 rings (SSSR count). The molecule has 0 heterocycles. The fourth-order valence-electron chi connectivity index (χ4n) is 2.24. The zero-order valence-corrected chi connectivity index (χ0v) is 11.1. The first-order chi connectivity index (χ1) is 9.28. The number of aldehydes is 1. The van der Waals surface area contributed by atoms with Crippen LogP contribution in [0.25, 0.3) is 0 Å². The molecule has 0 amide bonds. The Morgan fingerprint density at radius 3 is 2.89 bits per heavy atom. The van der Waals surface area contributed by atoms with Gasteiger partial charge in [-0.2, -0.15) is 5.26 Å². The molecule has 0 aromatic heterocycles. The van der Waals surface area contributed by atoms with E-state index in [1.807, 2.05) is 12.1 Å². The monoisotopic (exact) mass is 258 g/mol. The molecule has 0 bridgehead atoms. The lowest BCUT2D eigenvalue weighted by atomic mass is 10.1. The van der Waals surface area contributed by atoms with Crippen molar-refractivity contribution in [1.29, 1.82) is 5.26 Å². The average Bonchev–Trinajstić information content (AvgIpc) is 3.27. The largest absolute Gasteiger partial charge is 0.496 e. The molecule has 1 aromatic rings. The molecule has 0 radical (unpaired) electrons. The summed E-state index contributed by atoms with van der Waals surface area (Å²) in [6.45, 7) is 1.51. The van der Waals surface area contributed by atoms with Crippen LogP contribution in [0.15, 0.2) is 18.2 Å². The van der Waals surface area contributed by atoms with Crippen molar-refractivity contribution < 1.29 is 9.53 Å². The van der Waals surface area contributed by atoms with Crippen molar-refractivity contribution in [2.75, 3.05) is 13.7 Å². The van der Waals surface area contributed by atoms with Crippen molar-refractivity contribution in [3.63, 3.8) is 0 Å². The van der Waals surface area contributed by atoms with Crippen LogP contribution >= 0.6 is 0 Å². The molecule has 100 valence electrons. The molecule has 0 N–H and O–H groups in total. The van der Waals surface area contributed by atoms with E-state index in [-0.39, 0.29) is 0 Å². The summed E-state index contributed by atoms with van der Waals surface area (Å²) in [4.78, 5) is 13.2. The number of hydrogen-bond acceptors (Lipinski definition) is 4. The fraction of sp³-hybridized carbons (Fsp3) is 0.467. The van der Waals surface area contributed by atoms with Crippen LogP contribution in [-0.4, -0.2) is 30.9 Å². The number of carbonyl (C=O) groups is 1. The Kier molecular flexibility index (Phi) is 4.53. The molecule has 1 aliphatic rings. The van der Waals surface area contributed by atoms with Crippen LogP contribution in [0.3, 0.4) is 0 Å². The van der Waals surface area contributed by atoms with E-state index in [4.69, 9.17) is 10.00 Å². The summed E-state index contributed by atoms with van der Waals surface area (Å²) in [7, 11) is 1.64. The number of ether oxygens (including phenoxy) is 1. The first-order valence-corrected chi connectivity index (χ1v) is 6.51. The highest BCUT2D eigenvalue weighted by Crippen LogP contribution is 2.30. The van der Waals surface area contributed by atoms with Crippen LogP contribution in [0.1, 0.15) is 35.2 Å². The third-order valence-electron chi connectivity index (χ3n) is 3.39. The smallest absolute Gasteiger partial charge is 0.150 e. The predicted molar refractivity (Wildman–Crippen MR) is 72.0 cm³/mol. The molecule has 0 unspecified atom stereocenters. The van der Waals surface area contributed by atoms with Gasteiger partial charge in [0.1, 0.15) is 12.0 Å². The van der Waals surface area contributed by atoms with Gasteiger partial charge in [-0.05, 0) is 31.0 Å². The lowest BCUT2D eigenvalue weighted by Crippen LogP contribution is -2.26. The second kappa shape index (κ2) is 6.35.